The van der Waals surface area contributed by atoms with Gasteiger partial charge in [0.1, 0.15) is 0 Å². The van der Waals surface area contributed by atoms with Gasteiger partial charge in [0.05, 0.1) is 5.51 Å². The summed E-state index contributed by atoms with van der Waals surface area (Å²) in [5.41, 5.74) is 1.96. The van der Waals surface area contributed by atoms with E-state index < -0.39 is 0 Å². The third-order valence-electron chi connectivity index (χ3n) is 3.69. The van der Waals surface area contributed by atoms with Crippen molar-refractivity contribution >= 4 is 11.3 Å². The van der Waals surface area contributed by atoms with Gasteiger partial charge in [0.2, 0.25) is 0 Å². The van der Waals surface area contributed by atoms with Crippen molar-refractivity contribution in [3.63, 3.8) is 0 Å². The number of rotatable bonds is 5. The van der Waals surface area contributed by atoms with Crippen molar-refractivity contribution in [1.82, 2.24) is 10.3 Å². The van der Waals surface area contributed by atoms with E-state index in [1.807, 2.05) is 23.0 Å². The molecule has 0 radical (unpaired) electrons. The topological polar surface area (TPSA) is 24.9 Å². The van der Waals surface area contributed by atoms with Crippen molar-refractivity contribution in [2.75, 3.05) is 6.54 Å². The van der Waals surface area contributed by atoms with Crippen LogP contribution in [0.15, 0.2) is 11.7 Å². The average molecular weight is 252 g/mol. The predicted octanol–water partition coefficient (Wildman–Crippen LogP) is 3.63. The highest BCUT2D eigenvalue weighted by atomic mass is 32.1. The summed E-state index contributed by atoms with van der Waals surface area (Å²) in [5, 5.41) is 3.71. The molecule has 0 amide bonds. The van der Waals surface area contributed by atoms with Crippen LogP contribution in [0, 0.1) is 5.92 Å². The van der Waals surface area contributed by atoms with Crippen LogP contribution >= 0.6 is 11.3 Å². The molecule has 1 N–H and O–H groups in total. The molecular formula is C14H24N2S. The molecule has 3 heteroatoms. The van der Waals surface area contributed by atoms with Crippen molar-refractivity contribution in [3.05, 3.63) is 16.6 Å². The van der Waals surface area contributed by atoms with Crippen LogP contribution in [0.1, 0.15) is 50.3 Å². The summed E-state index contributed by atoms with van der Waals surface area (Å²) in [6.45, 7) is 3.43. The van der Waals surface area contributed by atoms with E-state index in [2.05, 4.69) is 17.2 Å². The van der Waals surface area contributed by atoms with E-state index in [4.69, 9.17) is 0 Å². The van der Waals surface area contributed by atoms with Gasteiger partial charge in [-0.05, 0) is 38.1 Å². The maximum atomic E-state index is 4.18. The summed E-state index contributed by atoms with van der Waals surface area (Å²) >= 11 is 1.81. The van der Waals surface area contributed by atoms with E-state index >= 15 is 0 Å². The van der Waals surface area contributed by atoms with Crippen LogP contribution in [-0.2, 0) is 6.42 Å². The lowest BCUT2D eigenvalue weighted by molar-refractivity contribution is 0.385. The first kappa shape index (κ1) is 13.0. The van der Waals surface area contributed by atoms with Crippen molar-refractivity contribution in [2.45, 2.75) is 57.9 Å². The van der Waals surface area contributed by atoms with Crippen molar-refractivity contribution in [3.8, 4) is 0 Å². The largest absolute Gasteiger partial charge is 0.314 e. The molecule has 0 aromatic carbocycles. The number of thiazole rings is 1. The molecule has 2 unspecified atom stereocenters. The zero-order chi connectivity index (χ0) is 11.9. The molecule has 1 aliphatic carbocycles. The van der Waals surface area contributed by atoms with Crippen LogP contribution in [0.2, 0.25) is 0 Å². The molecule has 0 spiro atoms. The predicted molar refractivity (Wildman–Crippen MR) is 74.5 cm³/mol. The Hall–Kier alpha value is -0.410. The Morgan fingerprint density at radius 1 is 1.41 bits per heavy atom. The van der Waals surface area contributed by atoms with Gasteiger partial charge in [-0.2, -0.15) is 0 Å². The molecule has 1 fully saturated rings. The fraction of sp³-hybridized carbons (Fsp3) is 0.786. The summed E-state index contributed by atoms with van der Waals surface area (Å²) < 4.78 is 0. The Balaban J connectivity index is 1.83. The Morgan fingerprint density at radius 2 is 2.29 bits per heavy atom. The minimum atomic E-state index is 0.760. The SMILES string of the molecule is CCCNC1CCCCC(Cc2cncs2)C1. The van der Waals surface area contributed by atoms with E-state index in [1.165, 1.54) is 56.4 Å². The quantitative estimate of drug-likeness (QED) is 0.809. The third kappa shape index (κ3) is 4.40. The molecule has 17 heavy (non-hydrogen) atoms. The number of hydrogen-bond acceptors (Lipinski definition) is 3. The minimum absolute atomic E-state index is 0.760. The summed E-state index contributed by atoms with van der Waals surface area (Å²) in [4.78, 5) is 5.65. The zero-order valence-corrected chi connectivity index (χ0v) is 11.6. The summed E-state index contributed by atoms with van der Waals surface area (Å²) in [7, 11) is 0. The number of aromatic nitrogens is 1. The molecule has 2 rings (SSSR count). The van der Waals surface area contributed by atoms with Crippen LogP contribution in [-0.4, -0.2) is 17.6 Å². The molecule has 2 atom stereocenters. The van der Waals surface area contributed by atoms with Gasteiger partial charge >= 0.3 is 0 Å². The van der Waals surface area contributed by atoms with Gasteiger partial charge in [-0.1, -0.05) is 26.2 Å². The fourth-order valence-electron chi connectivity index (χ4n) is 2.81. The molecule has 1 aliphatic rings. The van der Waals surface area contributed by atoms with Gasteiger partial charge in [-0.15, -0.1) is 11.3 Å². The Bertz CT molecular complexity index is 297. The van der Waals surface area contributed by atoms with Crippen molar-refractivity contribution < 1.29 is 0 Å². The number of nitrogens with zero attached hydrogens (tertiary/aromatic N) is 1. The maximum absolute atomic E-state index is 4.18. The van der Waals surface area contributed by atoms with Crippen LogP contribution in [0.4, 0.5) is 0 Å². The fourth-order valence-corrected chi connectivity index (χ4v) is 3.52. The lowest BCUT2D eigenvalue weighted by Crippen LogP contribution is -2.31. The third-order valence-corrected chi connectivity index (χ3v) is 4.49. The maximum Gasteiger partial charge on any atom is 0.0794 e. The molecule has 2 nitrogen and oxygen atoms in total. The average Bonchev–Trinajstić information content (AvgIpc) is 2.73. The lowest BCUT2D eigenvalue weighted by atomic mass is 9.94. The summed E-state index contributed by atoms with van der Waals surface area (Å²) in [5.74, 6) is 0.868. The standard InChI is InChI=1S/C14H24N2S/c1-2-7-16-13-6-4-3-5-12(8-13)9-14-10-15-11-17-14/h10-13,16H,2-9H2,1H3. The first-order chi connectivity index (χ1) is 8.38. The number of hydrogen-bond donors (Lipinski definition) is 1. The molecule has 1 saturated carbocycles. The highest BCUT2D eigenvalue weighted by Gasteiger charge is 2.20. The van der Waals surface area contributed by atoms with Crippen LogP contribution in [0.3, 0.4) is 0 Å². The van der Waals surface area contributed by atoms with E-state index in [9.17, 15) is 0 Å². The highest BCUT2D eigenvalue weighted by molar-refractivity contribution is 7.09. The Morgan fingerprint density at radius 3 is 3.06 bits per heavy atom. The van der Waals surface area contributed by atoms with E-state index in [-0.39, 0.29) is 0 Å². The lowest BCUT2D eigenvalue weighted by Gasteiger charge is -2.20. The Labute approximate surface area is 109 Å². The van der Waals surface area contributed by atoms with Gasteiger partial charge in [0, 0.05) is 17.1 Å². The molecule has 1 heterocycles. The molecule has 0 aliphatic heterocycles. The van der Waals surface area contributed by atoms with Gasteiger partial charge in [-0.3, -0.25) is 4.98 Å². The summed E-state index contributed by atoms with van der Waals surface area (Å²) in [6.07, 6.45) is 11.5. The molecular weight excluding hydrogens is 228 g/mol. The van der Waals surface area contributed by atoms with Gasteiger partial charge < -0.3 is 5.32 Å². The molecule has 1 aromatic heterocycles. The smallest absolute Gasteiger partial charge is 0.0794 e. The Kier molecular flexibility index (Phi) is 5.46. The monoisotopic (exact) mass is 252 g/mol. The van der Waals surface area contributed by atoms with E-state index in [1.54, 1.807) is 0 Å². The zero-order valence-electron chi connectivity index (χ0n) is 10.8. The van der Waals surface area contributed by atoms with Crippen LogP contribution in [0.5, 0.6) is 0 Å². The normalized spacial score (nSPS) is 25.7. The van der Waals surface area contributed by atoms with E-state index in [0.717, 1.165) is 12.0 Å². The van der Waals surface area contributed by atoms with E-state index in [0.29, 0.717) is 0 Å². The first-order valence-electron chi connectivity index (χ1n) is 6.99. The first-order valence-corrected chi connectivity index (χ1v) is 7.87. The second-order valence-corrected chi connectivity index (χ2v) is 6.18. The molecule has 0 bridgehead atoms. The van der Waals surface area contributed by atoms with Gasteiger partial charge in [0.25, 0.3) is 0 Å². The molecule has 1 aromatic rings. The molecule has 0 saturated heterocycles. The highest BCUT2D eigenvalue weighted by Crippen LogP contribution is 2.27. The second kappa shape index (κ2) is 7.12. The van der Waals surface area contributed by atoms with Gasteiger partial charge in [0.15, 0.2) is 0 Å². The molecule has 96 valence electrons. The van der Waals surface area contributed by atoms with Crippen molar-refractivity contribution in [1.29, 1.82) is 0 Å². The van der Waals surface area contributed by atoms with Crippen molar-refractivity contribution in [2.24, 2.45) is 5.92 Å². The number of nitrogens with one attached hydrogen (secondary N) is 1. The van der Waals surface area contributed by atoms with Gasteiger partial charge in [-0.25, -0.2) is 0 Å². The minimum Gasteiger partial charge on any atom is -0.314 e. The van der Waals surface area contributed by atoms with Crippen LogP contribution in [0.25, 0.3) is 0 Å². The van der Waals surface area contributed by atoms with Crippen LogP contribution < -0.4 is 5.32 Å². The second-order valence-electron chi connectivity index (χ2n) is 5.21. The summed E-state index contributed by atoms with van der Waals surface area (Å²) in [6, 6.07) is 0.760.